The van der Waals surface area contributed by atoms with Gasteiger partial charge in [-0.2, -0.15) is 0 Å². The molecule has 0 spiro atoms. The predicted molar refractivity (Wildman–Crippen MR) is 103 cm³/mol. The van der Waals surface area contributed by atoms with Crippen molar-refractivity contribution in [3.05, 3.63) is 47.2 Å². The molecule has 0 saturated carbocycles. The number of nitrogens with zero attached hydrogens (tertiary/aromatic N) is 3. The number of amides is 1. The van der Waals surface area contributed by atoms with E-state index in [2.05, 4.69) is 10.1 Å². The van der Waals surface area contributed by atoms with Crippen molar-refractivity contribution in [2.45, 2.75) is 39.9 Å². The molecule has 6 nitrogen and oxygen atoms in total. The Bertz CT molecular complexity index is 984. The van der Waals surface area contributed by atoms with E-state index in [0.29, 0.717) is 41.1 Å². The molecule has 1 aromatic carbocycles. The summed E-state index contributed by atoms with van der Waals surface area (Å²) in [6.45, 7) is 8.98. The number of benzene rings is 1. The molecule has 6 heteroatoms. The van der Waals surface area contributed by atoms with Crippen LogP contribution in [0.1, 0.15) is 35.5 Å². The molecule has 3 aromatic rings. The smallest absolute Gasteiger partial charge is 0.259 e. The molecule has 0 aliphatic carbocycles. The second kappa shape index (κ2) is 6.78. The van der Waals surface area contributed by atoms with E-state index in [1.54, 1.807) is 0 Å². The Kier molecular flexibility index (Phi) is 4.44. The highest BCUT2D eigenvalue weighted by atomic mass is 16.5. The summed E-state index contributed by atoms with van der Waals surface area (Å²) in [5.41, 5.74) is 4.46. The van der Waals surface area contributed by atoms with Crippen LogP contribution in [0.15, 0.2) is 34.9 Å². The van der Waals surface area contributed by atoms with Gasteiger partial charge in [0.15, 0.2) is 0 Å². The lowest BCUT2D eigenvalue weighted by molar-refractivity contribution is -0.0585. The minimum atomic E-state index is -0.0379. The van der Waals surface area contributed by atoms with E-state index in [-0.39, 0.29) is 18.1 Å². The normalized spacial score (nSPS) is 20.2. The van der Waals surface area contributed by atoms with Crippen molar-refractivity contribution in [3.63, 3.8) is 0 Å². The van der Waals surface area contributed by atoms with Gasteiger partial charge in [0.2, 0.25) is 0 Å². The number of aryl methyl sites for hydroxylation is 2. The van der Waals surface area contributed by atoms with Crippen molar-refractivity contribution < 1.29 is 14.1 Å². The zero-order chi connectivity index (χ0) is 19.1. The number of carbonyl (C=O) groups excluding carboxylic acids is 1. The third kappa shape index (κ3) is 3.32. The number of rotatable bonds is 2. The van der Waals surface area contributed by atoms with Crippen LogP contribution in [0.5, 0.6) is 0 Å². The van der Waals surface area contributed by atoms with Gasteiger partial charge in [0.05, 0.1) is 34.5 Å². The summed E-state index contributed by atoms with van der Waals surface area (Å²) in [4.78, 5) is 19.8. The summed E-state index contributed by atoms with van der Waals surface area (Å²) in [5, 5.41) is 4.71. The summed E-state index contributed by atoms with van der Waals surface area (Å²) in [7, 11) is 0. The van der Waals surface area contributed by atoms with Gasteiger partial charge in [-0.3, -0.25) is 4.79 Å². The van der Waals surface area contributed by atoms with E-state index in [9.17, 15) is 4.79 Å². The van der Waals surface area contributed by atoms with Crippen molar-refractivity contribution in [2.75, 3.05) is 13.1 Å². The van der Waals surface area contributed by atoms with E-state index in [1.807, 2.05) is 62.9 Å². The Balaban J connectivity index is 1.81. The molecule has 1 saturated heterocycles. The monoisotopic (exact) mass is 365 g/mol. The first kappa shape index (κ1) is 17.7. The first-order valence-corrected chi connectivity index (χ1v) is 9.21. The van der Waals surface area contributed by atoms with Crippen LogP contribution in [0.25, 0.3) is 22.4 Å². The largest absolute Gasteiger partial charge is 0.372 e. The molecule has 4 rings (SSSR count). The lowest BCUT2D eigenvalue weighted by atomic mass is 10.0. The molecule has 140 valence electrons. The molecule has 1 fully saturated rings. The Hall–Kier alpha value is -2.73. The van der Waals surface area contributed by atoms with Gasteiger partial charge in [-0.25, -0.2) is 4.98 Å². The molecule has 27 heavy (non-hydrogen) atoms. The molecular weight excluding hydrogens is 342 g/mol. The first-order valence-electron chi connectivity index (χ1n) is 9.21. The number of ether oxygens (including phenoxy) is 1. The fourth-order valence-corrected chi connectivity index (χ4v) is 3.65. The van der Waals surface area contributed by atoms with E-state index < -0.39 is 0 Å². The predicted octanol–water partition coefficient (Wildman–Crippen LogP) is 3.76. The minimum absolute atomic E-state index is 0.00942. The van der Waals surface area contributed by atoms with E-state index in [0.717, 1.165) is 5.56 Å². The fraction of sp³-hybridized carbons (Fsp3) is 0.381. The van der Waals surface area contributed by atoms with Crippen molar-refractivity contribution in [2.24, 2.45) is 0 Å². The Morgan fingerprint density at radius 1 is 1.11 bits per heavy atom. The number of hydrogen-bond acceptors (Lipinski definition) is 5. The average Bonchev–Trinajstić information content (AvgIpc) is 3.01. The van der Waals surface area contributed by atoms with Crippen molar-refractivity contribution in [3.8, 4) is 11.3 Å². The fourth-order valence-electron chi connectivity index (χ4n) is 3.65. The van der Waals surface area contributed by atoms with Gasteiger partial charge < -0.3 is 14.2 Å². The molecule has 0 radical (unpaired) electrons. The quantitative estimate of drug-likeness (QED) is 0.692. The molecule has 2 atom stereocenters. The van der Waals surface area contributed by atoms with Crippen molar-refractivity contribution >= 4 is 17.0 Å². The molecule has 3 heterocycles. The molecule has 2 unspecified atom stereocenters. The third-order valence-corrected chi connectivity index (χ3v) is 4.90. The number of carbonyl (C=O) groups is 1. The lowest BCUT2D eigenvalue weighted by Crippen LogP contribution is -2.48. The van der Waals surface area contributed by atoms with Crippen LogP contribution in [0.2, 0.25) is 0 Å². The second-order valence-corrected chi connectivity index (χ2v) is 7.34. The van der Waals surface area contributed by atoms with E-state index in [1.165, 1.54) is 5.56 Å². The average molecular weight is 365 g/mol. The van der Waals surface area contributed by atoms with Crippen molar-refractivity contribution in [1.82, 2.24) is 15.0 Å². The summed E-state index contributed by atoms with van der Waals surface area (Å²) in [5.74, 6) is -0.0379. The Morgan fingerprint density at radius 3 is 2.44 bits per heavy atom. The topological polar surface area (TPSA) is 68.5 Å². The van der Waals surface area contributed by atoms with Gasteiger partial charge in [-0.1, -0.05) is 35.0 Å². The van der Waals surface area contributed by atoms with Gasteiger partial charge in [-0.05, 0) is 33.8 Å². The third-order valence-electron chi connectivity index (χ3n) is 4.90. The summed E-state index contributed by atoms with van der Waals surface area (Å²) in [6.07, 6.45) is 0.0188. The highest BCUT2D eigenvalue weighted by molar-refractivity contribution is 6.07. The molecule has 0 bridgehead atoms. The zero-order valence-corrected chi connectivity index (χ0v) is 16.0. The van der Waals surface area contributed by atoms with E-state index >= 15 is 0 Å². The molecular formula is C21H23N3O3. The standard InChI is InChI=1S/C21H23N3O3/c1-12-5-7-16(8-6-12)18-9-17(19-15(4)23-27-20(19)22-18)21(25)24-10-13(2)26-14(3)11-24/h5-9,13-14H,10-11H2,1-4H3. The summed E-state index contributed by atoms with van der Waals surface area (Å²) < 4.78 is 11.2. The number of morpholine rings is 1. The number of fused-ring (bicyclic) bond motifs is 1. The van der Waals surface area contributed by atoms with Crippen LogP contribution in [-0.2, 0) is 4.74 Å². The van der Waals surface area contributed by atoms with Gasteiger partial charge in [0.25, 0.3) is 11.6 Å². The number of hydrogen-bond donors (Lipinski definition) is 0. The second-order valence-electron chi connectivity index (χ2n) is 7.34. The van der Waals surface area contributed by atoms with Crippen LogP contribution in [0, 0.1) is 13.8 Å². The van der Waals surface area contributed by atoms with Gasteiger partial charge in [0, 0.05) is 18.7 Å². The SMILES string of the molecule is Cc1ccc(-c2cc(C(=O)N3CC(C)OC(C)C3)c3c(C)noc3n2)cc1. The Labute approximate surface area is 158 Å². The lowest BCUT2D eigenvalue weighted by Gasteiger charge is -2.35. The van der Waals surface area contributed by atoms with Crippen LogP contribution >= 0.6 is 0 Å². The molecule has 0 N–H and O–H groups in total. The van der Waals surface area contributed by atoms with Crippen LogP contribution in [0.4, 0.5) is 0 Å². The summed E-state index contributed by atoms with van der Waals surface area (Å²) >= 11 is 0. The van der Waals surface area contributed by atoms with Crippen LogP contribution in [-0.4, -0.2) is 46.2 Å². The maximum Gasteiger partial charge on any atom is 0.259 e. The molecule has 2 aromatic heterocycles. The van der Waals surface area contributed by atoms with Gasteiger partial charge in [0.1, 0.15) is 0 Å². The molecule has 1 aliphatic rings. The van der Waals surface area contributed by atoms with Gasteiger partial charge in [-0.15, -0.1) is 0 Å². The number of pyridine rings is 1. The minimum Gasteiger partial charge on any atom is -0.372 e. The number of aromatic nitrogens is 2. The summed E-state index contributed by atoms with van der Waals surface area (Å²) in [6, 6.07) is 9.91. The maximum atomic E-state index is 13.4. The zero-order valence-electron chi connectivity index (χ0n) is 16.0. The van der Waals surface area contributed by atoms with Gasteiger partial charge >= 0.3 is 0 Å². The van der Waals surface area contributed by atoms with E-state index in [4.69, 9.17) is 9.26 Å². The van der Waals surface area contributed by atoms with Crippen LogP contribution < -0.4 is 0 Å². The molecule has 1 amide bonds. The molecule has 1 aliphatic heterocycles. The first-order chi connectivity index (χ1) is 12.9. The highest BCUT2D eigenvalue weighted by Crippen LogP contribution is 2.29. The Morgan fingerprint density at radius 2 is 1.78 bits per heavy atom. The van der Waals surface area contributed by atoms with Crippen molar-refractivity contribution in [1.29, 1.82) is 0 Å². The maximum absolute atomic E-state index is 13.4. The van der Waals surface area contributed by atoms with Crippen LogP contribution in [0.3, 0.4) is 0 Å². The highest BCUT2D eigenvalue weighted by Gasteiger charge is 2.29.